The van der Waals surface area contributed by atoms with E-state index in [4.69, 9.17) is 14.7 Å². The smallest absolute Gasteiger partial charge is 0.329 e. The Morgan fingerprint density at radius 2 is 1.66 bits per heavy atom. The molecule has 1 saturated carbocycles. The number of rotatable bonds is 16. The second-order valence-electron chi connectivity index (χ2n) is 16.8. The first-order valence-electron chi connectivity index (χ1n) is 21.8. The van der Waals surface area contributed by atoms with E-state index in [-0.39, 0.29) is 24.1 Å². The second kappa shape index (κ2) is 18.8. The van der Waals surface area contributed by atoms with Crippen LogP contribution in [0.15, 0.2) is 59.7 Å². The Labute approximate surface area is 346 Å². The average Bonchev–Trinajstić information content (AvgIpc) is 3.74. The zero-order valence-electron chi connectivity index (χ0n) is 34.7. The summed E-state index contributed by atoms with van der Waals surface area (Å²) >= 11 is 0. The van der Waals surface area contributed by atoms with E-state index < -0.39 is 12.3 Å². The summed E-state index contributed by atoms with van der Waals surface area (Å²) in [6.07, 6.45) is 11.2. The number of piperidine rings is 1. The summed E-state index contributed by atoms with van der Waals surface area (Å²) in [5, 5.41) is 27.7. The number of nitrogens with zero attached hydrogens (tertiary/aromatic N) is 7. The molecule has 14 heteroatoms. The Hall–Kier alpha value is -4.60. The van der Waals surface area contributed by atoms with Gasteiger partial charge in [0, 0.05) is 95.3 Å². The number of carbonyl (C=O) groups is 1. The quantitative estimate of drug-likeness (QED) is 0.101. The summed E-state index contributed by atoms with van der Waals surface area (Å²) in [5.74, 6) is 0.484. The van der Waals surface area contributed by atoms with Crippen LogP contribution in [0.5, 0.6) is 0 Å². The van der Waals surface area contributed by atoms with Crippen LogP contribution in [-0.2, 0) is 29.5 Å². The van der Waals surface area contributed by atoms with Crippen LogP contribution in [0.1, 0.15) is 87.9 Å². The Bertz CT molecular complexity index is 2250. The van der Waals surface area contributed by atoms with Crippen molar-refractivity contribution in [1.29, 1.82) is 0 Å². The molecule has 2 aromatic carbocycles. The van der Waals surface area contributed by atoms with Crippen molar-refractivity contribution in [2.45, 2.75) is 102 Å². The van der Waals surface area contributed by atoms with E-state index in [9.17, 15) is 19.8 Å². The van der Waals surface area contributed by atoms with Crippen molar-refractivity contribution in [2.24, 2.45) is 7.05 Å². The number of anilines is 1. The van der Waals surface area contributed by atoms with Crippen molar-refractivity contribution >= 4 is 33.9 Å². The van der Waals surface area contributed by atoms with Gasteiger partial charge in [-0.3, -0.25) is 23.7 Å². The van der Waals surface area contributed by atoms with E-state index in [0.717, 1.165) is 130 Å². The van der Waals surface area contributed by atoms with Crippen LogP contribution in [0.25, 0.3) is 33.2 Å². The number of amides is 1. The van der Waals surface area contributed by atoms with Crippen LogP contribution < -0.4 is 16.3 Å². The molecule has 2 saturated heterocycles. The van der Waals surface area contributed by atoms with Crippen LogP contribution in [0.2, 0.25) is 0 Å². The SMILES string of the molecule is CCCCNc1ncc2c(-c3ccc(CN4CCN(CCOCCCc5ccc6c(c5)n(C)c(=O)n6[C@H]5CCC(=O)NC5O)CC4)cc3)cn([C@H]3CC[C@H](O)CC3)c2n1. The minimum Gasteiger partial charge on any atom is -0.393 e. The number of aryl methyl sites for hydroxylation is 2. The van der Waals surface area contributed by atoms with Gasteiger partial charge in [0.15, 0.2) is 0 Å². The number of aliphatic hydroxyl groups is 2. The van der Waals surface area contributed by atoms with Crippen LogP contribution >= 0.6 is 0 Å². The number of aromatic nitrogens is 5. The minimum atomic E-state index is -1.08. The molecule has 1 aliphatic carbocycles. The fraction of sp³-hybridized carbons (Fsp3) is 0.556. The zero-order valence-corrected chi connectivity index (χ0v) is 34.7. The highest BCUT2D eigenvalue weighted by atomic mass is 16.5. The standard InChI is InChI=1S/C45H61N9O5/c1-3-4-19-46-44-47-28-36-37(30-53(42(36)49-44)34-12-14-35(55)15-13-34)33-10-7-32(8-11-33)29-52-22-20-51(21-23-52)24-26-59-25-5-6-31-9-16-38-40(27-31)50(2)45(58)54(38)39-17-18-41(56)48-43(39)57/h7-11,16,27-28,30,34-35,39,43,55,57H,3-6,12-15,17-26,29H2,1-2H3,(H,48,56)(H,46,47,49)/t34-,35-,39-,43?/m0/s1. The van der Waals surface area contributed by atoms with E-state index in [1.54, 1.807) is 16.2 Å². The molecule has 0 spiro atoms. The molecule has 59 heavy (non-hydrogen) atoms. The van der Waals surface area contributed by atoms with E-state index >= 15 is 0 Å². The molecular formula is C45H61N9O5. The predicted octanol–water partition coefficient (Wildman–Crippen LogP) is 4.98. The van der Waals surface area contributed by atoms with Gasteiger partial charge in [-0.15, -0.1) is 0 Å². The van der Waals surface area contributed by atoms with Crippen molar-refractivity contribution in [2.75, 3.05) is 57.8 Å². The van der Waals surface area contributed by atoms with Crippen LogP contribution in [0, 0.1) is 0 Å². The summed E-state index contributed by atoms with van der Waals surface area (Å²) in [6, 6.07) is 14.9. The lowest BCUT2D eigenvalue weighted by atomic mass is 9.93. The molecule has 5 heterocycles. The van der Waals surface area contributed by atoms with Gasteiger partial charge >= 0.3 is 5.69 Å². The highest BCUT2D eigenvalue weighted by Crippen LogP contribution is 2.37. The van der Waals surface area contributed by atoms with Crippen LogP contribution in [0.4, 0.5) is 5.95 Å². The second-order valence-corrected chi connectivity index (χ2v) is 16.8. The number of piperazine rings is 1. The van der Waals surface area contributed by atoms with E-state index in [1.165, 1.54) is 11.1 Å². The lowest BCUT2D eigenvalue weighted by Gasteiger charge is -2.34. The minimum absolute atomic E-state index is 0.189. The highest BCUT2D eigenvalue weighted by Gasteiger charge is 2.31. The van der Waals surface area contributed by atoms with E-state index in [1.807, 2.05) is 18.3 Å². The third kappa shape index (κ3) is 9.42. The lowest BCUT2D eigenvalue weighted by molar-refractivity contribution is -0.128. The van der Waals surface area contributed by atoms with Crippen molar-refractivity contribution < 1.29 is 19.7 Å². The first kappa shape index (κ1) is 41.1. The normalized spacial score (nSPS) is 22.0. The monoisotopic (exact) mass is 807 g/mol. The van der Waals surface area contributed by atoms with Gasteiger partial charge in [0.2, 0.25) is 11.9 Å². The van der Waals surface area contributed by atoms with Gasteiger partial charge in [0.1, 0.15) is 11.9 Å². The topological polar surface area (TPSA) is 155 Å². The zero-order chi connectivity index (χ0) is 40.9. The number of hydrogen-bond donors (Lipinski definition) is 4. The largest absolute Gasteiger partial charge is 0.393 e. The van der Waals surface area contributed by atoms with Gasteiger partial charge < -0.3 is 30.2 Å². The molecule has 4 N–H and O–H groups in total. The Balaban J connectivity index is 0.784. The molecule has 3 fully saturated rings. The number of imidazole rings is 1. The molecule has 5 aromatic rings. The fourth-order valence-corrected chi connectivity index (χ4v) is 9.15. The van der Waals surface area contributed by atoms with Crippen molar-refractivity contribution in [3.05, 3.63) is 76.5 Å². The van der Waals surface area contributed by atoms with Crippen LogP contribution in [0.3, 0.4) is 0 Å². The van der Waals surface area contributed by atoms with Gasteiger partial charge in [0.05, 0.1) is 29.8 Å². The lowest BCUT2D eigenvalue weighted by Crippen LogP contribution is -2.47. The summed E-state index contributed by atoms with van der Waals surface area (Å²) in [6.45, 7) is 10.4. The molecule has 316 valence electrons. The molecular weight excluding hydrogens is 747 g/mol. The number of fused-ring (bicyclic) bond motifs is 2. The third-order valence-electron chi connectivity index (χ3n) is 12.7. The van der Waals surface area contributed by atoms with Gasteiger partial charge in [-0.1, -0.05) is 43.7 Å². The van der Waals surface area contributed by atoms with Crippen molar-refractivity contribution in [1.82, 2.24) is 38.8 Å². The molecule has 8 rings (SSSR count). The maximum Gasteiger partial charge on any atom is 0.329 e. The van der Waals surface area contributed by atoms with E-state index in [0.29, 0.717) is 31.6 Å². The van der Waals surface area contributed by atoms with Crippen LogP contribution in [-0.4, -0.2) is 114 Å². The third-order valence-corrected chi connectivity index (χ3v) is 12.7. The molecule has 3 aromatic heterocycles. The number of benzene rings is 2. The molecule has 0 radical (unpaired) electrons. The Kier molecular flexibility index (Phi) is 13.1. The molecule has 0 bridgehead atoms. The van der Waals surface area contributed by atoms with Gasteiger partial charge in [-0.05, 0) is 80.2 Å². The molecule has 3 aliphatic rings. The van der Waals surface area contributed by atoms with Gasteiger partial charge in [0.25, 0.3) is 0 Å². The summed E-state index contributed by atoms with van der Waals surface area (Å²) in [7, 11) is 1.75. The number of unbranched alkanes of at least 4 members (excludes halogenated alkanes) is 1. The Morgan fingerprint density at radius 3 is 2.42 bits per heavy atom. The highest BCUT2D eigenvalue weighted by molar-refractivity contribution is 5.94. The molecule has 2 atom stereocenters. The molecule has 1 unspecified atom stereocenters. The first-order chi connectivity index (χ1) is 28.7. The maximum absolute atomic E-state index is 13.1. The predicted molar refractivity (Wildman–Crippen MR) is 230 cm³/mol. The summed E-state index contributed by atoms with van der Waals surface area (Å²) in [5.41, 5.74) is 7.15. The van der Waals surface area contributed by atoms with E-state index in [2.05, 4.69) is 68.5 Å². The number of aliphatic hydroxyl groups excluding tert-OH is 2. The summed E-state index contributed by atoms with van der Waals surface area (Å²) in [4.78, 5) is 39.5. The van der Waals surface area contributed by atoms with Gasteiger partial charge in [-0.25, -0.2) is 9.78 Å². The first-order valence-corrected chi connectivity index (χ1v) is 21.8. The Morgan fingerprint density at radius 1 is 0.898 bits per heavy atom. The molecule has 2 aliphatic heterocycles. The van der Waals surface area contributed by atoms with Crippen molar-refractivity contribution in [3.8, 4) is 11.1 Å². The number of carbonyl (C=O) groups excluding carboxylic acids is 1. The number of nitrogens with one attached hydrogen (secondary N) is 2. The number of hydrogen-bond acceptors (Lipinski definition) is 10. The summed E-state index contributed by atoms with van der Waals surface area (Å²) < 4.78 is 11.6. The molecule has 14 nitrogen and oxygen atoms in total. The fourth-order valence-electron chi connectivity index (χ4n) is 9.15. The maximum atomic E-state index is 13.1. The number of ether oxygens (including phenoxy) is 1. The molecule has 1 amide bonds. The van der Waals surface area contributed by atoms with Crippen molar-refractivity contribution in [3.63, 3.8) is 0 Å². The van der Waals surface area contributed by atoms with Gasteiger partial charge in [-0.2, -0.15) is 4.98 Å². The average molecular weight is 808 g/mol.